The van der Waals surface area contributed by atoms with Crippen LogP contribution in [0, 0.1) is 0 Å². The SMILES string of the molecule is CCOC(=O)Cc1nnnn1COCC[Si](C)(C)C. The van der Waals surface area contributed by atoms with E-state index in [1.807, 2.05) is 0 Å². The molecule has 0 spiro atoms. The fraction of sp³-hybridized carbons (Fsp3) is 0.818. The summed E-state index contributed by atoms with van der Waals surface area (Å²) in [6, 6.07) is 1.09. The Morgan fingerprint density at radius 3 is 2.74 bits per heavy atom. The summed E-state index contributed by atoms with van der Waals surface area (Å²) in [6.07, 6.45) is 0.0677. The highest BCUT2D eigenvalue weighted by Crippen LogP contribution is 2.07. The number of carbonyl (C=O) groups is 1. The lowest BCUT2D eigenvalue weighted by molar-refractivity contribution is -0.142. The van der Waals surface area contributed by atoms with Crippen molar-refractivity contribution in [2.45, 2.75) is 45.8 Å². The molecule has 7 nitrogen and oxygen atoms in total. The first-order valence-corrected chi connectivity index (χ1v) is 10.1. The second-order valence-electron chi connectivity index (χ2n) is 5.42. The molecule has 0 radical (unpaired) electrons. The highest BCUT2D eigenvalue weighted by Gasteiger charge is 2.14. The number of ether oxygens (including phenoxy) is 2. The van der Waals surface area contributed by atoms with Crippen LogP contribution in [-0.4, -0.2) is 47.5 Å². The molecule has 0 unspecified atom stereocenters. The summed E-state index contributed by atoms with van der Waals surface area (Å²) >= 11 is 0. The minimum atomic E-state index is -1.09. The maximum atomic E-state index is 11.4. The fourth-order valence-corrected chi connectivity index (χ4v) is 2.08. The fourth-order valence-electron chi connectivity index (χ4n) is 1.32. The summed E-state index contributed by atoms with van der Waals surface area (Å²) in [4.78, 5) is 11.4. The Bertz CT molecular complexity index is 403. The molecule has 0 aliphatic rings. The minimum Gasteiger partial charge on any atom is -0.466 e. The van der Waals surface area contributed by atoms with E-state index in [4.69, 9.17) is 9.47 Å². The van der Waals surface area contributed by atoms with Gasteiger partial charge in [0.15, 0.2) is 5.82 Å². The van der Waals surface area contributed by atoms with E-state index in [2.05, 4.69) is 35.2 Å². The van der Waals surface area contributed by atoms with Crippen LogP contribution in [0.15, 0.2) is 0 Å². The van der Waals surface area contributed by atoms with Crippen LogP contribution in [0.25, 0.3) is 0 Å². The molecule has 0 atom stereocenters. The van der Waals surface area contributed by atoms with E-state index in [0.29, 0.717) is 19.0 Å². The molecule has 0 saturated heterocycles. The van der Waals surface area contributed by atoms with Gasteiger partial charge in [-0.25, -0.2) is 4.68 Å². The molecule has 0 aliphatic heterocycles. The standard InChI is InChI=1S/C11H22N4O3Si/c1-5-18-11(16)8-10-12-13-14-15(10)9-17-6-7-19(2,3)4/h5-9H2,1-4H3. The summed E-state index contributed by atoms with van der Waals surface area (Å²) < 4.78 is 11.9. The van der Waals surface area contributed by atoms with Gasteiger partial charge in [-0.15, -0.1) is 5.10 Å². The molecule has 0 saturated carbocycles. The molecular weight excluding hydrogens is 264 g/mol. The Kier molecular flexibility index (Phi) is 6.09. The largest absolute Gasteiger partial charge is 0.466 e. The predicted octanol–water partition coefficient (Wildman–Crippen LogP) is 1.09. The summed E-state index contributed by atoms with van der Waals surface area (Å²) in [5.74, 6) is 0.132. The van der Waals surface area contributed by atoms with Gasteiger partial charge in [-0.2, -0.15) is 0 Å². The first kappa shape index (κ1) is 15.8. The van der Waals surface area contributed by atoms with Gasteiger partial charge in [0, 0.05) is 14.7 Å². The number of hydrogen-bond donors (Lipinski definition) is 0. The third kappa shape index (κ3) is 6.44. The van der Waals surface area contributed by atoms with E-state index in [1.165, 1.54) is 4.68 Å². The van der Waals surface area contributed by atoms with Crippen molar-refractivity contribution >= 4 is 14.0 Å². The van der Waals surface area contributed by atoms with Crippen molar-refractivity contribution in [2.75, 3.05) is 13.2 Å². The van der Waals surface area contributed by atoms with Crippen LogP contribution in [0.5, 0.6) is 0 Å². The van der Waals surface area contributed by atoms with Gasteiger partial charge in [0.1, 0.15) is 13.2 Å². The van der Waals surface area contributed by atoms with Crippen LogP contribution >= 0.6 is 0 Å². The predicted molar refractivity (Wildman–Crippen MR) is 72.3 cm³/mol. The molecule has 108 valence electrons. The normalized spacial score (nSPS) is 11.6. The van der Waals surface area contributed by atoms with Gasteiger partial charge >= 0.3 is 5.97 Å². The summed E-state index contributed by atoms with van der Waals surface area (Å²) in [5.41, 5.74) is 0. The number of tetrazole rings is 1. The van der Waals surface area contributed by atoms with Crippen LogP contribution in [0.1, 0.15) is 12.7 Å². The topological polar surface area (TPSA) is 79.1 Å². The van der Waals surface area contributed by atoms with Crippen molar-refractivity contribution in [2.24, 2.45) is 0 Å². The van der Waals surface area contributed by atoms with Gasteiger partial charge in [0.2, 0.25) is 0 Å². The lowest BCUT2D eigenvalue weighted by Crippen LogP contribution is -2.22. The molecule has 0 aliphatic carbocycles. The van der Waals surface area contributed by atoms with E-state index < -0.39 is 8.07 Å². The summed E-state index contributed by atoms with van der Waals surface area (Å²) in [5, 5.41) is 11.1. The van der Waals surface area contributed by atoms with Crippen molar-refractivity contribution in [3.05, 3.63) is 5.82 Å². The second kappa shape index (κ2) is 7.34. The molecule has 0 aromatic carbocycles. The highest BCUT2D eigenvalue weighted by atomic mass is 28.3. The molecule has 0 bridgehead atoms. The Morgan fingerprint density at radius 1 is 1.37 bits per heavy atom. The molecule has 1 heterocycles. The van der Waals surface area contributed by atoms with Gasteiger partial charge in [0.25, 0.3) is 0 Å². The lowest BCUT2D eigenvalue weighted by Gasteiger charge is -2.15. The molecule has 1 rings (SSSR count). The number of rotatable bonds is 8. The van der Waals surface area contributed by atoms with E-state index in [-0.39, 0.29) is 19.1 Å². The number of carbonyl (C=O) groups excluding carboxylic acids is 1. The van der Waals surface area contributed by atoms with Crippen molar-refractivity contribution in [3.63, 3.8) is 0 Å². The zero-order valence-corrected chi connectivity index (χ0v) is 13.0. The molecular formula is C11H22N4O3Si. The van der Waals surface area contributed by atoms with Gasteiger partial charge < -0.3 is 9.47 Å². The van der Waals surface area contributed by atoms with Crippen molar-refractivity contribution in [1.82, 2.24) is 20.2 Å². The Balaban J connectivity index is 2.38. The van der Waals surface area contributed by atoms with Gasteiger partial charge in [-0.1, -0.05) is 19.6 Å². The average molecular weight is 286 g/mol. The third-order valence-electron chi connectivity index (χ3n) is 2.42. The van der Waals surface area contributed by atoms with E-state index >= 15 is 0 Å². The Hall–Kier alpha value is -1.28. The first-order chi connectivity index (χ1) is 8.92. The summed E-state index contributed by atoms with van der Waals surface area (Å²) in [6.45, 7) is 9.95. The number of esters is 1. The third-order valence-corrected chi connectivity index (χ3v) is 4.13. The zero-order chi connectivity index (χ0) is 14.3. The molecule has 0 amide bonds. The highest BCUT2D eigenvalue weighted by molar-refractivity contribution is 6.76. The molecule has 0 fully saturated rings. The maximum Gasteiger partial charge on any atom is 0.313 e. The second-order valence-corrected chi connectivity index (χ2v) is 11.0. The van der Waals surface area contributed by atoms with E-state index in [0.717, 1.165) is 6.04 Å². The van der Waals surface area contributed by atoms with Gasteiger partial charge in [-0.3, -0.25) is 4.79 Å². The van der Waals surface area contributed by atoms with Crippen LogP contribution in [-0.2, 0) is 27.4 Å². The van der Waals surface area contributed by atoms with Gasteiger partial charge in [-0.05, 0) is 23.4 Å². The molecule has 1 aromatic rings. The summed E-state index contributed by atoms with van der Waals surface area (Å²) in [7, 11) is -1.09. The van der Waals surface area contributed by atoms with Crippen molar-refractivity contribution in [3.8, 4) is 0 Å². The minimum absolute atomic E-state index is 0.0677. The molecule has 1 aromatic heterocycles. The van der Waals surface area contributed by atoms with E-state index in [1.54, 1.807) is 6.92 Å². The lowest BCUT2D eigenvalue weighted by atomic mass is 10.4. The monoisotopic (exact) mass is 286 g/mol. The molecule has 0 N–H and O–H groups in total. The van der Waals surface area contributed by atoms with Crippen LogP contribution < -0.4 is 0 Å². The Morgan fingerprint density at radius 2 is 2.11 bits per heavy atom. The Labute approximate surface area is 114 Å². The zero-order valence-electron chi connectivity index (χ0n) is 12.0. The number of nitrogens with zero attached hydrogens (tertiary/aromatic N) is 4. The number of aromatic nitrogens is 4. The maximum absolute atomic E-state index is 11.4. The van der Waals surface area contributed by atoms with Crippen LogP contribution in [0.2, 0.25) is 25.7 Å². The van der Waals surface area contributed by atoms with Crippen molar-refractivity contribution < 1.29 is 14.3 Å². The van der Waals surface area contributed by atoms with Crippen LogP contribution in [0.3, 0.4) is 0 Å². The quantitative estimate of drug-likeness (QED) is 0.404. The number of hydrogen-bond acceptors (Lipinski definition) is 6. The van der Waals surface area contributed by atoms with E-state index in [9.17, 15) is 4.79 Å². The van der Waals surface area contributed by atoms with Gasteiger partial charge in [0.05, 0.1) is 6.61 Å². The van der Waals surface area contributed by atoms with Crippen LogP contribution in [0.4, 0.5) is 0 Å². The molecule has 19 heavy (non-hydrogen) atoms. The van der Waals surface area contributed by atoms with Crippen molar-refractivity contribution in [1.29, 1.82) is 0 Å². The average Bonchev–Trinajstić information content (AvgIpc) is 2.71. The smallest absolute Gasteiger partial charge is 0.313 e. The molecule has 8 heteroatoms. The first-order valence-electron chi connectivity index (χ1n) is 6.41.